The first kappa shape index (κ1) is 12.1. The van der Waals surface area contributed by atoms with Gasteiger partial charge in [0.1, 0.15) is 6.10 Å². The number of ether oxygens (including phenoxy) is 1. The van der Waals surface area contributed by atoms with Crippen molar-refractivity contribution in [1.82, 2.24) is 20.4 Å². The maximum absolute atomic E-state index is 5.69. The van der Waals surface area contributed by atoms with E-state index < -0.39 is 0 Å². The molecular weight excluding hydrogens is 232 g/mol. The molecule has 0 bridgehead atoms. The molecule has 2 fully saturated rings. The van der Waals surface area contributed by atoms with Gasteiger partial charge in [-0.1, -0.05) is 12.1 Å². The standard InChI is InChI=1S/C12H20N4O2/c1-8-3-4-13-10(8)12-14-11(15-18-12)9-7-16(2)5-6-17-9/h8-10,13H,3-7H2,1-2H3. The maximum atomic E-state index is 5.69. The van der Waals surface area contributed by atoms with Gasteiger partial charge >= 0.3 is 0 Å². The number of aromatic nitrogens is 2. The van der Waals surface area contributed by atoms with Gasteiger partial charge in [0.05, 0.1) is 12.6 Å². The zero-order chi connectivity index (χ0) is 12.5. The topological polar surface area (TPSA) is 63.4 Å². The highest BCUT2D eigenvalue weighted by atomic mass is 16.5. The zero-order valence-corrected chi connectivity index (χ0v) is 10.9. The molecule has 100 valence electrons. The molecule has 0 radical (unpaired) electrons. The summed E-state index contributed by atoms with van der Waals surface area (Å²) in [5.41, 5.74) is 0. The molecule has 3 atom stereocenters. The second-order valence-corrected chi connectivity index (χ2v) is 5.31. The molecule has 3 heterocycles. The number of hydrogen-bond acceptors (Lipinski definition) is 6. The normalized spacial score (nSPS) is 34.0. The Morgan fingerprint density at radius 2 is 2.33 bits per heavy atom. The lowest BCUT2D eigenvalue weighted by atomic mass is 10.0. The molecule has 0 aromatic carbocycles. The van der Waals surface area contributed by atoms with Crippen molar-refractivity contribution in [1.29, 1.82) is 0 Å². The van der Waals surface area contributed by atoms with E-state index in [4.69, 9.17) is 9.26 Å². The van der Waals surface area contributed by atoms with Crippen LogP contribution in [0, 0.1) is 5.92 Å². The van der Waals surface area contributed by atoms with Gasteiger partial charge in [0.2, 0.25) is 11.7 Å². The number of nitrogens with one attached hydrogen (secondary N) is 1. The van der Waals surface area contributed by atoms with Gasteiger partial charge in [-0.15, -0.1) is 0 Å². The van der Waals surface area contributed by atoms with Gasteiger partial charge in [0.15, 0.2) is 0 Å². The van der Waals surface area contributed by atoms with Crippen LogP contribution in [0.25, 0.3) is 0 Å². The third-order valence-corrected chi connectivity index (χ3v) is 3.81. The molecule has 6 nitrogen and oxygen atoms in total. The average Bonchev–Trinajstić information content (AvgIpc) is 2.97. The summed E-state index contributed by atoms with van der Waals surface area (Å²) in [7, 11) is 2.08. The first-order valence-electron chi connectivity index (χ1n) is 6.61. The molecule has 0 amide bonds. The van der Waals surface area contributed by atoms with Crippen molar-refractivity contribution < 1.29 is 9.26 Å². The predicted octanol–water partition coefficient (Wildman–Crippen LogP) is 0.743. The van der Waals surface area contributed by atoms with Crippen molar-refractivity contribution in [2.75, 3.05) is 33.3 Å². The molecule has 2 aliphatic rings. The van der Waals surface area contributed by atoms with Gasteiger partial charge in [-0.2, -0.15) is 4.98 Å². The molecule has 0 aliphatic carbocycles. The van der Waals surface area contributed by atoms with E-state index in [1.807, 2.05) is 0 Å². The van der Waals surface area contributed by atoms with Crippen LogP contribution in [0.4, 0.5) is 0 Å². The number of hydrogen-bond donors (Lipinski definition) is 1. The van der Waals surface area contributed by atoms with Gasteiger partial charge < -0.3 is 19.5 Å². The van der Waals surface area contributed by atoms with Crippen LogP contribution in [0.15, 0.2) is 4.52 Å². The molecule has 1 aromatic rings. The van der Waals surface area contributed by atoms with E-state index in [2.05, 4.69) is 34.3 Å². The lowest BCUT2D eigenvalue weighted by Crippen LogP contribution is -2.35. The molecule has 2 saturated heterocycles. The third-order valence-electron chi connectivity index (χ3n) is 3.81. The van der Waals surface area contributed by atoms with Gasteiger partial charge in [0, 0.05) is 13.1 Å². The minimum absolute atomic E-state index is 0.0574. The minimum atomic E-state index is -0.0574. The van der Waals surface area contributed by atoms with Crippen LogP contribution in [0.3, 0.4) is 0 Å². The van der Waals surface area contributed by atoms with E-state index >= 15 is 0 Å². The Labute approximate surface area is 107 Å². The van der Waals surface area contributed by atoms with Gasteiger partial charge in [-0.05, 0) is 25.9 Å². The number of morpholine rings is 1. The Morgan fingerprint density at radius 1 is 1.44 bits per heavy atom. The Hall–Kier alpha value is -0.980. The monoisotopic (exact) mass is 252 g/mol. The lowest BCUT2D eigenvalue weighted by Gasteiger charge is -2.27. The summed E-state index contributed by atoms with van der Waals surface area (Å²) in [6.45, 7) is 5.74. The van der Waals surface area contributed by atoms with Crippen molar-refractivity contribution in [3.05, 3.63) is 11.7 Å². The van der Waals surface area contributed by atoms with E-state index in [1.54, 1.807) is 0 Å². The van der Waals surface area contributed by atoms with Crippen molar-refractivity contribution in [2.45, 2.75) is 25.5 Å². The molecule has 0 spiro atoms. The number of nitrogens with zero attached hydrogens (tertiary/aromatic N) is 3. The van der Waals surface area contributed by atoms with Crippen molar-refractivity contribution in [3.63, 3.8) is 0 Å². The summed E-state index contributed by atoms with van der Waals surface area (Å²) < 4.78 is 11.1. The maximum Gasteiger partial charge on any atom is 0.244 e. The summed E-state index contributed by atoms with van der Waals surface area (Å²) >= 11 is 0. The molecule has 0 saturated carbocycles. The Bertz CT molecular complexity index is 409. The van der Waals surface area contributed by atoms with Crippen LogP contribution in [0.5, 0.6) is 0 Å². The molecule has 18 heavy (non-hydrogen) atoms. The summed E-state index contributed by atoms with van der Waals surface area (Å²) in [5.74, 6) is 1.93. The predicted molar refractivity (Wildman–Crippen MR) is 65.0 cm³/mol. The second kappa shape index (κ2) is 4.95. The third kappa shape index (κ3) is 2.28. The fourth-order valence-corrected chi connectivity index (χ4v) is 2.60. The van der Waals surface area contributed by atoms with Gasteiger partial charge in [-0.25, -0.2) is 0 Å². The molecule has 3 rings (SSSR count). The Morgan fingerprint density at radius 3 is 3.06 bits per heavy atom. The highest BCUT2D eigenvalue weighted by molar-refractivity contribution is 5.00. The summed E-state index contributed by atoms with van der Waals surface area (Å²) in [6.07, 6.45) is 1.10. The lowest BCUT2D eigenvalue weighted by molar-refractivity contribution is -0.0264. The van der Waals surface area contributed by atoms with Gasteiger partial charge in [0.25, 0.3) is 0 Å². The van der Waals surface area contributed by atoms with E-state index in [-0.39, 0.29) is 12.1 Å². The number of rotatable bonds is 2. The number of likely N-dealkylation sites (N-methyl/N-ethyl adjacent to an activating group) is 1. The van der Waals surface area contributed by atoms with Crippen LogP contribution in [-0.2, 0) is 4.74 Å². The van der Waals surface area contributed by atoms with Crippen molar-refractivity contribution in [3.8, 4) is 0 Å². The SMILES string of the molecule is CC1CCNC1c1nc(C2CN(C)CCO2)no1. The largest absolute Gasteiger partial charge is 0.367 e. The van der Waals surface area contributed by atoms with Gasteiger partial charge in [-0.3, -0.25) is 0 Å². The Balaban J connectivity index is 1.72. The summed E-state index contributed by atoms with van der Waals surface area (Å²) in [5, 5.41) is 7.48. The van der Waals surface area contributed by atoms with Crippen molar-refractivity contribution >= 4 is 0 Å². The van der Waals surface area contributed by atoms with Crippen molar-refractivity contribution in [2.24, 2.45) is 5.92 Å². The highest BCUT2D eigenvalue weighted by Crippen LogP contribution is 2.29. The second-order valence-electron chi connectivity index (χ2n) is 5.31. The molecule has 3 unspecified atom stereocenters. The smallest absolute Gasteiger partial charge is 0.244 e. The van der Waals surface area contributed by atoms with Crippen LogP contribution in [-0.4, -0.2) is 48.3 Å². The quantitative estimate of drug-likeness (QED) is 0.837. The van der Waals surface area contributed by atoms with E-state index in [9.17, 15) is 0 Å². The van der Waals surface area contributed by atoms with Crippen LogP contribution < -0.4 is 5.32 Å². The van der Waals surface area contributed by atoms with E-state index in [1.165, 1.54) is 0 Å². The van der Waals surface area contributed by atoms with Crippen LogP contribution in [0.1, 0.15) is 37.2 Å². The average molecular weight is 252 g/mol. The molecule has 1 N–H and O–H groups in total. The van der Waals surface area contributed by atoms with E-state index in [0.717, 1.165) is 32.7 Å². The molecule has 2 aliphatic heterocycles. The fourth-order valence-electron chi connectivity index (χ4n) is 2.60. The molecule has 1 aromatic heterocycles. The zero-order valence-electron chi connectivity index (χ0n) is 10.9. The fraction of sp³-hybridized carbons (Fsp3) is 0.833. The first-order valence-corrected chi connectivity index (χ1v) is 6.61. The minimum Gasteiger partial charge on any atom is -0.367 e. The highest BCUT2D eigenvalue weighted by Gasteiger charge is 2.31. The van der Waals surface area contributed by atoms with E-state index in [0.29, 0.717) is 17.6 Å². The summed E-state index contributed by atoms with van der Waals surface area (Å²) in [4.78, 5) is 6.73. The molecular formula is C12H20N4O2. The first-order chi connectivity index (χ1) is 8.74. The van der Waals surface area contributed by atoms with Crippen LogP contribution >= 0.6 is 0 Å². The Kier molecular flexibility index (Phi) is 3.32. The van der Waals surface area contributed by atoms with Crippen LogP contribution in [0.2, 0.25) is 0 Å². The molecule has 6 heteroatoms. The summed E-state index contributed by atoms with van der Waals surface area (Å²) in [6, 6.07) is 0.201.